The maximum Gasteiger partial charge on any atom is 0.314 e. The van der Waals surface area contributed by atoms with Crippen LogP contribution in [0.1, 0.15) is 42.2 Å². The van der Waals surface area contributed by atoms with Gasteiger partial charge in [0.05, 0.1) is 17.1 Å². The highest BCUT2D eigenvalue weighted by Crippen LogP contribution is 2.21. The molecule has 0 radical (unpaired) electrons. The van der Waals surface area contributed by atoms with E-state index in [0.29, 0.717) is 22.5 Å². The van der Waals surface area contributed by atoms with Gasteiger partial charge in [-0.15, -0.1) is 0 Å². The highest BCUT2D eigenvalue weighted by atomic mass is 16.2. The average Bonchev–Trinajstić information content (AvgIpc) is 2.62. The number of amides is 1. The number of hydrogen-bond acceptors (Lipinski definition) is 4. The second-order valence-corrected chi connectivity index (χ2v) is 6.61. The van der Waals surface area contributed by atoms with Gasteiger partial charge in [-0.1, -0.05) is 19.9 Å². The van der Waals surface area contributed by atoms with Gasteiger partial charge in [0.1, 0.15) is 0 Å². The van der Waals surface area contributed by atoms with Crippen molar-refractivity contribution in [3.05, 3.63) is 74.6 Å². The number of carbonyl (C=O) groups is 1. The summed E-state index contributed by atoms with van der Waals surface area (Å²) in [5.74, 6) is 0.131. The second kappa shape index (κ2) is 7.35. The predicted molar refractivity (Wildman–Crippen MR) is 99.1 cm³/mol. The maximum atomic E-state index is 12.7. The molecule has 1 amide bonds. The van der Waals surface area contributed by atoms with Gasteiger partial charge in [-0.25, -0.2) is 0 Å². The van der Waals surface area contributed by atoms with E-state index in [4.69, 9.17) is 0 Å². The molecule has 7 heteroatoms. The number of rotatable bonds is 5. The minimum absolute atomic E-state index is 0.165. The number of benzene rings is 1. The van der Waals surface area contributed by atoms with E-state index < -0.39 is 11.1 Å². The molecule has 3 N–H and O–H groups in total. The zero-order chi connectivity index (χ0) is 18.7. The third-order valence-corrected chi connectivity index (χ3v) is 4.08. The molecule has 134 valence electrons. The first kappa shape index (κ1) is 17.6. The van der Waals surface area contributed by atoms with Crippen molar-refractivity contribution in [2.75, 3.05) is 0 Å². The third kappa shape index (κ3) is 3.88. The molecule has 0 aliphatic heterocycles. The second-order valence-electron chi connectivity index (χ2n) is 6.61. The molecular formula is C19H20N4O3. The van der Waals surface area contributed by atoms with E-state index in [1.165, 1.54) is 0 Å². The van der Waals surface area contributed by atoms with Gasteiger partial charge in [0, 0.05) is 18.0 Å². The smallest absolute Gasteiger partial charge is 0.314 e. The van der Waals surface area contributed by atoms with E-state index >= 15 is 0 Å². The summed E-state index contributed by atoms with van der Waals surface area (Å²) in [6.07, 6.45) is 4.21. The quantitative estimate of drug-likeness (QED) is 0.611. The minimum atomic E-state index is -0.747. The van der Waals surface area contributed by atoms with Gasteiger partial charge in [-0.3, -0.25) is 19.4 Å². The van der Waals surface area contributed by atoms with Crippen LogP contribution in [0.5, 0.6) is 0 Å². The van der Waals surface area contributed by atoms with Crippen LogP contribution < -0.4 is 16.4 Å². The molecule has 0 aliphatic rings. The molecule has 3 aromatic rings. The van der Waals surface area contributed by atoms with Crippen molar-refractivity contribution in [1.82, 2.24) is 20.3 Å². The number of fused-ring (bicyclic) bond motifs is 1. The van der Waals surface area contributed by atoms with Crippen LogP contribution >= 0.6 is 0 Å². The number of nitrogens with zero attached hydrogens (tertiary/aromatic N) is 1. The lowest BCUT2D eigenvalue weighted by Crippen LogP contribution is -2.30. The van der Waals surface area contributed by atoms with Crippen LogP contribution in [-0.2, 0) is 0 Å². The zero-order valence-electron chi connectivity index (χ0n) is 14.6. The average molecular weight is 352 g/mol. The number of carbonyl (C=O) groups excluding carboxylic acids is 1. The summed E-state index contributed by atoms with van der Waals surface area (Å²) in [4.78, 5) is 44.7. The first-order valence-electron chi connectivity index (χ1n) is 8.41. The Morgan fingerprint density at radius 3 is 2.50 bits per heavy atom. The molecule has 0 aliphatic carbocycles. The molecule has 0 bridgehead atoms. The summed E-state index contributed by atoms with van der Waals surface area (Å²) in [5.41, 5.74) is 0.749. The number of nitrogens with one attached hydrogen (secondary N) is 3. The van der Waals surface area contributed by atoms with Gasteiger partial charge in [-0.05, 0) is 42.2 Å². The monoisotopic (exact) mass is 352 g/mol. The fraction of sp³-hybridized carbons (Fsp3) is 0.263. The Labute approximate surface area is 149 Å². The Morgan fingerprint density at radius 2 is 1.85 bits per heavy atom. The van der Waals surface area contributed by atoms with Gasteiger partial charge < -0.3 is 15.3 Å². The van der Waals surface area contributed by atoms with Crippen molar-refractivity contribution in [1.29, 1.82) is 0 Å². The first-order chi connectivity index (χ1) is 12.4. The van der Waals surface area contributed by atoms with E-state index in [1.54, 1.807) is 30.6 Å². The fourth-order valence-electron chi connectivity index (χ4n) is 2.83. The van der Waals surface area contributed by atoms with Crippen molar-refractivity contribution < 1.29 is 4.79 Å². The van der Waals surface area contributed by atoms with Crippen LogP contribution in [0, 0.1) is 5.92 Å². The predicted octanol–water partition coefficient (Wildman–Crippen LogP) is 2.13. The molecule has 1 atom stereocenters. The summed E-state index contributed by atoms with van der Waals surface area (Å²) >= 11 is 0. The van der Waals surface area contributed by atoms with Gasteiger partial charge in [0.2, 0.25) is 0 Å². The summed E-state index contributed by atoms with van der Waals surface area (Å²) in [6.45, 7) is 4.18. The minimum Gasteiger partial charge on any atom is -0.345 e. The van der Waals surface area contributed by atoms with Crippen LogP contribution in [0.3, 0.4) is 0 Å². The lowest BCUT2D eigenvalue weighted by molar-refractivity contribution is 0.0932. The van der Waals surface area contributed by atoms with E-state index in [1.807, 2.05) is 12.1 Å². The molecular weight excluding hydrogens is 332 g/mol. The third-order valence-electron chi connectivity index (χ3n) is 4.08. The van der Waals surface area contributed by atoms with E-state index in [-0.39, 0.29) is 11.9 Å². The van der Waals surface area contributed by atoms with Gasteiger partial charge >= 0.3 is 11.1 Å². The summed E-state index contributed by atoms with van der Waals surface area (Å²) in [7, 11) is 0. The molecule has 0 unspecified atom stereocenters. The molecule has 0 spiro atoms. The zero-order valence-corrected chi connectivity index (χ0v) is 14.6. The van der Waals surface area contributed by atoms with E-state index in [2.05, 4.69) is 34.1 Å². The molecule has 26 heavy (non-hydrogen) atoms. The standard InChI is InChI=1S/C19H20N4O3/c1-11(2)8-15(13-4-3-7-20-10-13)22-17(24)12-5-6-14-16(9-12)23-19(26)18(25)21-14/h3-7,9-11,15H,8H2,1-2H3,(H,21,25)(H,22,24)(H,23,26)/t15-/m0/s1. The SMILES string of the molecule is CC(C)C[C@H](NC(=O)c1ccc2[nH]c(=O)c(=O)[nH]c2c1)c1cccnc1. The Morgan fingerprint density at radius 1 is 1.12 bits per heavy atom. The Hall–Kier alpha value is -3.22. The fourth-order valence-corrected chi connectivity index (χ4v) is 2.83. The van der Waals surface area contributed by atoms with Crippen LogP contribution in [-0.4, -0.2) is 20.9 Å². The molecule has 0 saturated heterocycles. The molecule has 2 heterocycles. The number of H-pyrrole nitrogens is 2. The van der Waals surface area contributed by atoms with Gasteiger partial charge in [0.25, 0.3) is 5.91 Å². The van der Waals surface area contributed by atoms with Crippen molar-refractivity contribution in [2.24, 2.45) is 5.92 Å². The number of aromatic amines is 2. The molecule has 0 saturated carbocycles. The number of pyridine rings is 1. The molecule has 2 aromatic heterocycles. The van der Waals surface area contributed by atoms with Crippen molar-refractivity contribution in [2.45, 2.75) is 26.3 Å². The topological polar surface area (TPSA) is 108 Å². The lowest BCUT2D eigenvalue weighted by Gasteiger charge is -2.21. The van der Waals surface area contributed by atoms with Crippen molar-refractivity contribution in [3.63, 3.8) is 0 Å². The van der Waals surface area contributed by atoms with Crippen LogP contribution in [0.4, 0.5) is 0 Å². The summed E-state index contributed by atoms with van der Waals surface area (Å²) < 4.78 is 0. The highest BCUT2D eigenvalue weighted by molar-refractivity contribution is 5.97. The van der Waals surface area contributed by atoms with E-state index in [0.717, 1.165) is 12.0 Å². The normalized spacial score (nSPS) is 12.3. The lowest BCUT2D eigenvalue weighted by atomic mass is 9.98. The Balaban J connectivity index is 1.89. The Bertz CT molecular complexity index is 1040. The van der Waals surface area contributed by atoms with Crippen LogP contribution in [0.2, 0.25) is 0 Å². The van der Waals surface area contributed by atoms with Crippen LogP contribution in [0.15, 0.2) is 52.3 Å². The molecule has 7 nitrogen and oxygen atoms in total. The number of aromatic nitrogens is 3. The summed E-state index contributed by atoms with van der Waals surface area (Å²) in [6, 6.07) is 8.37. The van der Waals surface area contributed by atoms with E-state index in [9.17, 15) is 14.4 Å². The van der Waals surface area contributed by atoms with Gasteiger partial charge in [0.15, 0.2) is 0 Å². The molecule has 1 aromatic carbocycles. The molecule has 3 rings (SSSR count). The maximum absolute atomic E-state index is 12.7. The largest absolute Gasteiger partial charge is 0.345 e. The highest BCUT2D eigenvalue weighted by Gasteiger charge is 2.18. The van der Waals surface area contributed by atoms with Crippen molar-refractivity contribution in [3.8, 4) is 0 Å². The number of hydrogen-bond donors (Lipinski definition) is 3. The Kier molecular flexibility index (Phi) is 4.97. The summed E-state index contributed by atoms with van der Waals surface area (Å²) in [5, 5.41) is 3.03. The van der Waals surface area contributed by atoms with Gasteiger partial charge in [-0.2, -0.15) is 0 Å². The van der Waals surface area contributed by atoms with Crippen molar-refractivity contribution >= 4 is 16.9 Å². The molecule has 0 fully saturated rings. The first-order valence-corrected chi connectivity index (χ1v) is 8.41. The van der Waals surface area contributed by atoms with Crippen LogP contribution in [0.25, 0.3) is 11.0 Å².